The van der Waals surface area contributed by atoms with Crippen LogP contribution in [-0.4, -0.2) is 16.9 Å². The van der Waals surface area contributed by atoms with Crippen molar-refractivity contribution in [1.29, 1.82) is 5.26 Å². The van der Waals surface area contributed by atoms with Crippen LogP contribution in [0.15, 0.2) is 66.1 Å². The number of ether oxygens (including phenoxy) is 2. The molecular weight excluding hydrogens is 364 g/mol. The Bertz CT molecular complexity index is 1110. The van der Waals surface area contributed by atoms with E-state index < -0.39 is 5.92 Å². The van der Waals surface area contributed by atoms with Gasteiger partial charge in [-0.05, 0) is 24.6 Å². The highest BCUT2D eigenvalue weighted by Crippen LogP contribution is 2.47. The van der Waals surface area contributed by atoms with Gasteiger partial charge in [-0.2, -0.15) is 10.4 Å². The summed E-state index contributed by atoms with van der Waals surface area (Å²) in [5.41, 5.74) is 10.1. The fraction of sp³-hybridized carbons (Fsp3) is 0.217. The van der Waals surface area contributed by atoms with E-state index >= 15 is 0 Å². The molecule has 3 aromatic rings. The molecule has 29 heavy (non-hydrogen) atoms. The second-order valence-corrected chi connectivity index (χ2v) is 6.83. The summed E-state index contributed by atoms with van der Waals surface area (Å²) in [5, 5.41) is 14.7. The number of hydrogen-bond donors (Lipinski definition) is 1. The van der Waals surface area contributed by atoms with E-state index in [4.69, 9.17) is 20.3 Å². The van der Waals surface area contributed by atoms with Crippen LogP contribution in [-0.2, 0) is 6.42 Å². The number of aromatic nitrogens is 2. The van der Waals surface area contributed by atoms with Crippen LogP contribution < -0.4 is 15.2 Å². The van der Waals surface area contributed by atoms with Gasteiger partial charge < -0.3 is 15.2 Å². The zero-order valence-corrected chi connectivity index (χ0v) is 16.4. The van der Waals surface area contributed by atoms with Gasteiger partial charge in [0.05, 0.1) is 30.0 Å². The molecule has 2 aromatic carbocycles. The molecule has 1 unspecified atom stereocenters. The third kappa shape index (κ3) is 3.11. The van der Waals surface area contributed by atoms with Crippen LogP contribution in [0.2, 0.25) is 0 Å². The molecular formula is C23H22N4O2. The first-order valence-electron chi connectivity index (χ1n) is 9.57. The Hall–Kier alpha value is -3.72. The Morgan fingerprint density at radius 1 is 1.17 bits per heavy atom. The van der Waals surface area contributed by atoms with Gasteiger partial charge in [0.2, 0.25) is 11.8 Å². The van der Waals surface area contributed by atoms with Gasteiger partial charge in [-0.1, -0.05) is 49.7 Å². The average molecular weight is 386 g/mol. The number of rotatable bonds is 5. The molecule has 2 heterocycles. The van der Waals surface area contributed by atoms with E-state index in [1.165, 1.54) is 0 Å². The van der Waals surface area contributed by atoms with Crippen molar-refractivity contribution in [3.8, 4) is 23.4 Å². The monoisotopic (exact) mass is 386 g/mol. The van der Waals surface area contributed by atoms with E-state index in [0.29, 0.717) is 17.2 Å². The van der Waals surface area contributed by atoms with Crippen LogP contribution in [0.3, 0.4) is 0 Å². The summed E-state index contributed by atoms with van der Waals surface area (Å²) < 4.78 is 13.3. The molecule has 0 aliphatic carbocycles. The Kier molecular flexibility index (Phi) is 4.96. The van der Waals surface area contributed by atoms with Crippen molar-refractivity contribution >= 4 is 0 Å². The number of benzene rings is 2. The molecule has 0 fully saturated rings. The number of fused-ring (bicyclic) bond motifs is 1. The largest absolute Gasteiger partial charge is 0.496 e. The second kappa shape index (κ2) is 7.72. The van der Waals surface area contributed by atoms with Crippen LogP contribution in [0.4, 0.5) is 0 Å². The molecule has 146 valence electrons. The highest BCUT2D eigenvalue weighted by atomic mass is 16.5. The topological polar surface area (TPSA) is 86.1 Å². The van der Waals surface area contributed by atoms with E-state index in [2.05, 4.69) is 13.0 Å². The molecule has 1 atom stereocenters. The van der Waals surface area contributed by atoms with Crippen molar-refractivity contribution in [2.24, 2.45) is 5.73 Å². The minimum Gasteiger partial charge on any atom is -0.496 e. The van der Waals surface area contributed by atoms with Crippen LogP contribution in [0.1, 0.15) is 36.1 Å². The van der Waals surface area contributed by atoms with Gasteiger partial charge in [-0.15, -0.1) is 0 Å². The van der Waals surface area contributed by atoms with Gasteiger partial charge in [0.1, 0.15) is 17.4 Å². The molecule has 0 saturated heterocycles. The van der Waals surface area contributed by atoms with Gasteiger partial charge in [0.15, 0.2) is 0 Å². The van der Waals surface area contributed by atoms with Crippen LogP contribution in [0, 0.1) is 11.3 Å². The lowest BCUT2D eigenvalue weighted by molar-refractivity contribution is 0.364. The van der Waals surface area contributed by atoms with E-state index in [0.717, 1.165) is 35.3 Å². The maximum atomic E-state index is 9.89. The Morgan fingerprint density at radius 3 is 2.59 bits per heavy atom. The molecule has 6 nitrogen and oxygen atoms in total. The summed E-state index contributed by atoms with van der Waals surface area (Å²) >= 11 is 0. The average Bonchev–Trinajstić information content (AvgIpc) is 3.11. The number of methoxy groups -OCH3 is 1. The van der Waals surface area contributed by atoms with Gasteiger partial charge in [0.25, 0.3) is 0 Å². The molecule has 0 radical (unpaired) electrons. The summed E-state index contributed by atoms with van der Waals surface area (Å²) in [6.07, 6.45) is 1.67. The predicted octanol–water partition coefficient (Wildman–Crippen LogP) is 4.05. The number of allylic oxidation sites excluding steroid dienone is 1. The van der Waals surface area contributed by atoms with E-state index in [1.54, 1.807) is 11.8 Å². The lowest BCUT2D eigenvalue weighted by Gasteiger charge is -2.26. The lowest BCUT2D eigenvalue weighted by Crippen LogP contribution is -2.22. The van der Waals surface area contributed by atoms with Gasteiger partial charge >= 0.3 is 0 Å². The van der Waals surface area contributed by atoms with Crippen molar-refractivity contribution in [2.45, 2.75) is 25.7 Å². The predicted molar refractivity (Wildman–Crippen MR) is 110 cm³/mol. The molecule has 1 aliphatic heterocycles. The SMILES string of the molecule is CCCc1nn(-c2ccccc2)c2c1C(c1ccccc1OC)C(C#N)=C(N)O2. The zero-order chi connectivity index (χ0) is 20.4. The molecule has 0 bridgehead atoms. The number of para-hydroxylation sites is 2. The number of hydrogen-bond acceptors (Lipinski definition) is 5. The number of nitrogens with two attached hydrogens (primary N) is 1. The third-order valence-corrected chi connectivity index (χ3v) is 5.06. The molecule has 0 spiro atoms. The van der Waals surface area contributed by atoms with Crippen molar-refractivity contribution in [3.05, 3.63) is 82.9 Å². The van der Waals surface area contributed by atoms with Crippen molar-refractivity contribution in [1.82, 2.24) is 9.78 Å². The quantitative estimate of drug-likeness (QED) is 0.715. The molecule has 2 N–H and O–H groups in total. The summed E-state index contributed by atoms with van der Waals surface area (Å²) in [6, 6.07) is 19.7. The fourth-order valence-electron chi connectivity index (χ4n) is 3.79. The van der Waals surface area contributed by atoms with Crippen molar-refractivity contribution in [3.63, 3.8) is 0 Å². The molecule has 1 aromatic heterocycles. The van der Waals surface area contributed by atoms with E-state index in [9.17, 15) is 5.26 Å². The van der Waals surface area contributed by atoms with E-state index in [-0.39, 0.29) is 5.88 Å². The second-order valence-electron chi connectivity index (χ2n) is 6.83. The molecule has 4 rings (SSSR count). The highest BCUT2D eigenvalue weighted by Gasteiger charge is 2.38. The Labute approximate surface area is 169 Å². The minimum absolute atomic E-state index is 0.0936. The smallest absolute Gasteiger partial charge is 0.229 e. The minimum atomic E-state index is -0.404. The number of aryl methyl sites for hydroxylation is 1. The standard InChI is InChI=1S/C23H22N4O2/c1-3-9-18-21-20(16-12-7-8-13-19(16)28-2)17(14-24)22(25)29-23(21)27(26-18)15-10-5-4-6-11-15/h4-8,10-13,20H,3,9,25H2,1-2H3. The van der Waals surface area contributed by atoms with Crippen LogP contribution in [0.25, 0.3) is 5.69 Å². The van der Waals surface area contributed by atoms with E-state index in [1.807, 2.05) is 54.6 Å². The molecule has 6 heteroatoms. The summed E-state index contributed by atoms with van der Waals surface area (Å²) in [5.74, 6) is 0.933. The van der Waals surface area contributed by atoms with Crippen molar-refractivity contribution in [2.75, 3.05) is 7.11 Å². The summed E-state index contributed by atoms with van der Waals surface area (Å²) in [6.45, 7) is 2.10. The Morgan fingerprint density at radius 2 is 1.90 bits per heavy atom. The maximum absolute atomic E-state index is 9.89. The lowest BCUT2D eigenvalue weighted by atomic mass is 9.83. The normalized spacial score (nSPS) is 15.4. The number of nitrogens with zero attached hydrogens (tertiary/aromatic N) is 3. The zero-order valence-electron chi connectivity index (χ0n) is 16.4. The van der Waals surface area contributed by atoms with Gasteiger partial charge in [0, 0.05) is 5.56 Å². The van der Waals surface area contributed by atoms with Crippen LogP contribution >= 0.6 is 0 Å². The first-order valence-corrected chi connectivity index (χ1v) is 9.57. The van der Waals surface area contributed by atoms with Crippen molar-refractivity contribution < 1.29 is 9.47 Å². The number of nitriles is 1. The van der Waals surface area contributed by atoms with Crippen LogP contribution in [0.5, 0.6) is 11.6 Å². The van der Waals surface area contributed by atoms with Gasteiger partial charge in [-0.25, -0.2) is 4.68 Å². The third-order valence-electron chi connectivity index (χ3n) is 5.06. The highest BCUT2D eigenvalue weighted by molar-refractivity contribution is 5.59. The first kappa shape index (κ1) is 18.6. The summed E-state index contributed by atoms with van der Waals surface area (Å²) in [7, 11) is 1.62. The molecule has 1 aliphatic rings. The fourth-order valence-corrected chi connectivity index (χ4v) is 3.79. The first-order chi connectivity index (χ1) is 14.2. The molecule has 0 amide bonds. The van der Waals surface area contributed by atoms with Gasteiger partial charge in [-0.3, -0.25) is 0 Å². The molecule has 0 saturated carbocycles. The summed E-state index contributed by atoms with van der Waals surface area (Å²) in [4.78, 5) is 0. The Balaban J connectivity index is 2.01. The maximum Gasteiger partial charge on any atom is 0.229 e.